The third-order valence-corrected chi connectivity index (χ3v) is 4.60. The minimum Gasteiger partial charge on any atom is -0.493 e. The van der Waals surface area contributed by atoms with Gasteiger partial charge in [0, 0.05) is 41.4 Å². The van der Waals surface area contributed by atoms with Crippen LogP contribution in [0.15, 0.2) is 45.6 Å². The van der Waals surface area contributed by atoms with E-state index in [0.717, 1.165) is 28.0 Å². The molecular weight excluding hydrogens is 334 g/mol. The van der Waals surface area contributed by atoms with Crippen LogP contribution in [0.25, 0.3) is 11.0 Å². The molecule has 6 heteroatoms. The van der Waals surface area contributed by atoms with Crippen LogP contribution in [0.4, 0.5) is 5.69 Å². The predicted octanol–water partition coefficient (Wildman–Crippen LogP) is 3.48. The van der Waals surface area contributed by atoms with Crippen molar-refractivity contribution in [2.24, 2.45) is 0 Å². The van der Waals surface area contributed by atoms with Crippen LogP contribution in [0, 0.1) is 6.92 Å². The van der Waals surface area contributed by atoms with Gasteiger partial charge in [0.05, 0.1) is 14.2 Å². The second kappa shape index (κ2) is 6.29. The summed E-state index contributed by atoms with van der Waals surface area (Å²) in [5.74, 6) is 2.10. The predicted molar refractivity (Wildman–Crippen MR) is 98.4 cm³/mol. The molecule has 0 bridgehead atoms. The van der Waals surface area contributed by atoms with E-state index in [1.165, 1.54) is 6.07 Å². The zero-order valence-corrected chi connectivity index (χ0v) is 14.9. The summed E-state index contributed by atoms with van der Waals surface area (Å²) in [6, 6.07) is 11.1. The zero-order chi connectivity index (χ0) is 18.3. The van der Waals surface area contributed by atoms with E-state index >= 15 is 0 Å². The summed E-state index contributed by atoms with van der Waals surface area (Å²) in [6.45, 7) is 2.98. The second-order valence-corrected chi connectivity index (χ2v) is 6.22. The maximum Gasteiger partial charge on any atom is 0.336 e. The van der Waals surface area contributed by atoms with E-state index in [-0.39, 0.29) is 5.63 Å². The molecule has 1 aliphatic rings. The van der Waals surface area contributed by atoms with Crippen LogP contribution >= 0.6 is 0 Å². The number of anilines is 1. The van der Waals surface area contributed by atoms with Crippen molar-refractivity contribution in [1.82, 2.24) is 0 Å². The number of methoxy groups -OCH3 is 2. The Hall–Kier alpha value is -3.15. The van der Waals surface area contributed by atoms with Crippen molar-refractivity contribution >= 4 is 16.7 Å². The van der Waals surface area contributed by atoms with Gasteiger partial charge in [-0.25, -0.2) is 4.79 Å². The summed E-state index contributed by atoms with van der Waals surface area (Å²) in [5, 5.41) is 0.918. The van der Waals surface area contributed by atoms with Crippen LogP contribution in [-0.4, -0.2) is 21.0 Å². The molecule has 1 aliphatic heterocycles. The smallest absolute Gasteiger partial charge is 0.336 e. The van der Waals surface area contributed by atoms with E-state index in [2.05, 4.69) is 4.90 Å². The molecule has 0 unspecified atom stereocenters. The van der Waals surface area contributed by atoms with Gasteiger partial charge in [0.15, 0.2) is 18.2 Å². The van der Waals surface area contributed by atoms with Crippen molar-refractivity contribution in [1.29, 1.82) is 0 Å². The average molecular weight is 353 g/mol. The Kier molecular flexibility index (Phi) is 3.95. The Morgan fingerprint density at radius 2 is 1.85 bits per heavy atom. The molecule has 0 N–H and O–H groups in total. The lowest BCUT2D eigenvalue weighted by Gasteiger charge is -2.31. The van der Waals surface area contributed by atoms with Crippen molar-refractivity contribution in [2.75, 3.05) is 25.9 Å². The first-order valence-corrected chi connectivity index (χ1v) is 8.26. The highest BCUT2D eigenvalue weighted by Gasteiger charge is 2.21. The van der Waals surface area contributed by atoms with E-state index in [9.17, 15) is 4.79 Å². The first-order valence-electron chi connectivity index (χ1n) is 8.26. The number of ether oxygens (including phenoxy) is 3. The van der Waals surface area contributed by atoms with Gasteiger partial charge in [0.25, 0.3) is 0 Å². The van der Waals surface area contributed by atoms with Gasteiger partial charge in [-0.05, 0) is 30.7 Å². The van der Waals surface area contributed by atoms with Gasteiger partial charge >= 0.3 is 5.63 Å². The molecule has 0 fully saturated rings. The highest BCUT2D eigenvalue weighted by molar-refractivity contribution is 5.83. The van der Waals surface area contributed by atoms with Gasteiger partial charge in [0.2, 0.25) is 0 Å². The second-order valence-electron chi connectivity index (χ2n) is 6.22. The van der Waals surface area contributed by atoms with Crippen molar-refractivity contribution in [2.45, 2.75) is 13.5 Å². The minimum atomic E-state index is -0.349. The molecule has 0 spiro atoms. The van der Waals surface area contributed by atoms with Gasteiger partial charge < -0.3 is 23.5 Å². The third-order valence-electron chi connectivity index (χ3n) is 4.60. The molecule has 1 aromatic heterocycles. The Balaban J connectivity index is 1.71. The molecule has 0 atom stereocenters. The molecule has 2 heterocycles. The molecule has 2 aromatic carbocycles. The fraction of sp³-hybridized carbons (Fsp3) is 0.250. The van der Waals surface area contributed by atoms with Crippen molar-refractivity contribution in [3.63, 3.8) is 0 Å². The molecule has 0 saturated heterocycles. The standard InChI is InChI=1S/C20H19NO5/c1-12-6-20(22)26-18-9-17-13(7-15(12)18)10-21(11-25-17)14-4-5-16(23-2)19(8-14)24-3/h4-9H,10-11H2,1-3H3. The van der Waals surface area contributed by atoms with Gasteiger partial charge in [-0.2, -0.15) is 0 Å². The maximum atomic E-state index is 11.6. The quantitative estimate of drug-likeness (QED) is 0.672. The lowest BCUT2D eigenvalue weighted by Crippen LogP contribution is -2.31. The van der Waals surface area contributed by atoms with Gasteiger partial charge in [-0.1, -0.05) is 0 Å². The van der Waals surface area contributed by atoms with Crippen LogP contribution in [0.2, 0.25) is 0 Å². The summed E-state index contributed by atoms with van der Waals surface area (Å²) in [6.07, 6.45) is 0. The average Bonchev–Trinajstić information content (AvgIpc) is 2.65. The fourth-order valence-corrected chi connectivity index (χ4v) is 3.24. The number of aryl methyl sites for hydroxylation is 1. The van der Waals surface area contributed by atoms with Crippen LogP contribution in [0.3, 0.4) is 0 Å². The largest absolute Gasteiger partial charge is 0.493 e. The molecule has 134 valence electrons. The molecular formula is C20H19NO5. The molecule has 4 rings (SSSR count). The Morgan fingerprint density at radius 1 is 1.04 bits per heavy atom. The lowest BCUT2D eigenvalue weighted by molar-refractivity contribution is 0.289. The topological polar surface area (TPSA) is 61.1 Å². The maximum absolute atomic E-state index is 11.6. The van der Waals surface area contributed by atoms with E-state index < -0.39 is 0 Å². The molecule has 3 aromatic rings. The summed E-state index contributed by atoms with van der Waals surface area (Å²) < 4.78 is 21.9. The normalized spacial score (nSPS) is 13.3. The Morgan fingerprint density at radius 3 is 2.62 bits per heavy atom. The zero-order valence-electron chi connectivity index (χ0n) is 14.9. The highest BCUT2D eigenvalue weighted by Crippen LogP contribution is 2.36. The molecule has 6 nitrogen and oxygen atoms in total. The first-order chi connectivity index (χ1) is 12.6. The monoisotopic (exact) mass is 353 g/mol. The number of fused-ring (bicyclic) bond motifs is 2. The highest BCUT2D eigenvalue weighted by atomic mass is 16.5. The Labute approximate surface area is 150 Å². The molecule has 0 radical (unpaired) electrons. The van der Waals surface area contributed by atoms with Crippen molar-refractivity contribution in [3.05, 3.63) is 57.9 Å². The molecule has 0 saturated carbocycles. The number of benzene rings is 2. The van der Waals surface area contributed by atoms with Crippen LogP contribution in [0.5, 0.6) is 17.2 Å². The lowest BCUT2D eigenvalue weighted by atomic mass is 10.1. The molecule has 26 heavy (non-hydrogen) atoms. The minimum absolute atomic E-state index is 0.349. The van der Waals surface area contributed by atoms with E-state index in [1.54, 1.807) is 20.3 Å². The van der Waals surface area contributed by atoms with Crippen molar-refractivity contribution < 1.29 is 18.6 Å². The molecule has 0 aliphatic carbocycles. The summed E-state index contributed by atoms with van der Waals surface area (Å²) in [4.78, 5) is 13.7. The number of nitrogens with zero attached hydrogens (tertiary/aromatic N) is 1. The van der Waals surface area contributed by atoms with E-state index in [4.69, 9.17) is 18.6 Å². The number of rotatable bonds is 3. The summed E-state index contributed by atoms with van der Waals surface area (Å²) in [5.41, 5.74) is 3.11. The van der Waals surface area contributed by atoms with Crippen LogP contribution < -0.4 is 24.7 Å². The van der Waals surface area contributed by atoms with Gasteiger partial charge in [-0.15, -0.1) is 0 Å². The van der Waals surface area contributed by atoms with E-state index in [1.807, 2.05) is 31.2 Å². The third kappa shape index (κ3) is 2.73. The first kappa shape index (κ1) is 16.3. The van der Waals surface area contributed by atoms with Gasteiger partial charge in [0.1, 0.15) is 11.3 Å². The summed E-state index contributed by atoms with van der Waals surface area (Å²) in [7, 11) is 3.23. The molecule has 0 amide bonds. The van der Waals surface area contributed by atoms with Crippen molar-refractivity contribution in [3.8, 4) is 17.2 Å². The van der Waals surface area contributed by atoms with Crippen LogP contribution in [-0.2, 0) is 6.54 Å². The van der Waals surface area contributed by atoms with Gasteiger partial charge in [-0.3, -0.25) is 0 Å². The fourth-order valence-electron chi connectivity index (χ4n) is 3.24. The van der Waals surface area contributed by atoms with E-state index in [0.29, 0.717) is 30.4 Å². The van der Waals surface area contributed by atoms with Crippen LogP contribution in [0.1, 0.15) is 11.1 Å². The summed E-state index contributed by atoms with van der Waals surface area (Å²) >= 11 is 0. The number of hydrogen-bond acceptors (Lipinski definition) is 6. The SMILES string of the molecule is COc1ccc(N2COc3cc4oc(=O)cc(C)c4cc3C2)cc1OC. The Bertz CT molecular complexity index is 1040. The number of hydrogen-bond donors (Lipinski definition) is 0.